The van der Waals surface area contributed by atoms with Crippen molar-refractivity contribution in [2.24, 2.45) is 0 Å². The van der Waals surface area contributed by atoms with Crippen molar-refractivity contribution in [2.75, 3.05) is 35.7 Å². The third-order valence-electron chi connectivity index (χ3n) is 3.91. The predicted octanol–water partition coefficient (Wildman–Crippen LogP) is 3.56. The Morgan fingerprint density at radius 2 is 1.81 bits per heavy atom. The van der Waals surface area contributed by atoms with Crippen molar-refractivity contribution in [2.45, 2.75) is 0 Å². The molecule has 2 amide bonds. The number of ether oxygens (including phenoxy) is 1. The molecule has 0 saturated heterocycles. The first-order valence-corrected chi connectivity index (χ1v) is 8.37. The van der Waals surface area contributed by atoms with Crippen LogP contribution in [0, 0.1) is 0 Å². The Kier molecular flexibility index (Phi) is 5.22. The minimum atomic E-state index is -0.599. The second-order valence-electron chi connectivity index (χ2n) is 5.83. The number of methoxy groups -OCH3 is 1. The van der Waals surface area contributed by atoms with Crippen LogP contribution in [-0.4, -0.2) is 38.4 Å². The third kappa shape index (κ3) is 3.54. The number of rotatable bonds is 4. The number of thiol groups is 1. The van der Waals surface area contributed by atoms with Crippen LogP contribution in [0.3, 0.4) is 0 Å². The molecule has 0 spiro atoms. The van der Waals surface area contributed by atoms with Gasteiger partial charge in [-0.2, -0.15) is 0 Å². The molecular formula is C18H18N4O4S. The van der Waals surface area contributed by atoms with E-state index in [4.69, 9.17) is 9.26 Å². The van der Waals surface area contributed by atoms with Gasteiger partial charge in [-0.25, -0.2) is 13.9 Å². The summed E-state index contributed by atoms with van der Waals surface area (Å²) in [5.74, 6) is -0.312. The number of benzene rings is 2. The van der Waals surface area contributed by atoms with Crippen LogP contribution in [0.15, 0.2) is 47.0 Å². The van der Waals surface area contributed by atoms with Crippen molar-refractivity contribution in [1.29, 1.82) is 0 Å². The van der Waals surface area contributed by atoms with Gasteiger partial charge in [0.05, 0.1) is 29.4 Å². The highest BCUT2D eigenvalue weighted by molar-refractivity contribution is 7.82. The van der Waals surface area contributed by atoms with Crippen molar-refractivity contribution in [3.8, 4) is 0 Å². The first kappa shape index (κ1) is 18.6. The maximum Gasteiger partial charge on any atom is 0.340 e. The van der Waals surface area contributed by atoms with E-state index in [9.17, 15) is 9.59 Å². The van der Waals surface area contributed by atoms with Crippen LogP contribution >= 0.6 is 12.8 Å². The smallest absolute Gasteiger partial charge is 0.340 e. The molecule has 2 aromatic carbocycles. The Bertz CT molecular complexity index is 1000. The Hall–Kier alpha value is -3.20. The minimum absolute atomic E-state index is 0.212. The van der Waals surface area contributed by atoms with Gasteiger partial charge in [0.2, 0.25) is 0 Å². The number of nitrogens with zero attached hydrogens (tertiary/aromatic N) is 3. The van der Waals surface area contributed by atoms with E-state index in [1.165, 1.54) is 7.11 Å². The van der Waals surface area contributed by atoms with Gasteiger partial charge in [0, 0.05) is 14.1 Å². The molecule has 0 bridgehead atoms. The summed E-state index contributed by atoms with van der Waals surface area (Å²) >= 11 is 4.23. The molecule has 3 aromatic rings. The topological polar surface area (TPSA) is 87.9 Å². The summed E-state index contributed by atoms with van der Waals surface area (Å²) in [6.07, 6.45) is 0. The summed E-state index contributed by atoms with van der Waals surface area (Å²) in [4.78, 5) is 26.5. The van der Waals surface area contributed by atoms with E-state index in [1.807, 2.05) is 31.1 Å². The number of hydrogen-bond acceptors (Lipinski definition) is 7. The van der Waals surface area contributed by atoms with Crippen molar-refractivity contribution >= 4 is 53.0 Å². The lowest BCUT2D eigenvalue weighted by Gasteiger charge is -2.19. The number of fused-ring (bicyclic) bond motifs is 1. The normalized spacial score (nSPS) is 10.5. The lowest BCUT2D eigenvalue weighted by molar-refractivity contribution is 0.0602. The number of urea groups is 1. The van der Waals surface area contributed by atoms with Gasteiger partial charge >= 0.3 is 12.0 Å². The second-order valence-corrected chi connectivity index (χ2v) is 6.23. The van der Waals surface area contributed by atoms with E-state index in [-0.39, 0.29) is 17.1 Å². The summed E-state index contributed by atoms with van der Waals surface area (Å²) in [6, 6.07) is 11.4. The highest BCUT2D eigenvalue weighted by Crippen LogP contribution is 2.32. The SMILES string of the molecule is COC(=O)c1ccccc1N(S)C(=O)Nc1noc2cccc(N(C)C)c12. The molecule has 0 unspecified atom stereocenters. The summed E-state index contributed by atoms with van der Waals surface area (Å²) in [5, 5.41) is 7.28. The van der Waals surface area contributed by atoms with Gasteiger partial charge in [-0.15, -0.1) is 0 Å². The molecule has 0 fully saturated rings. The van der Waals surface area contributed by atoms with Crippen molar-refractivity contribution in [1.82, 2.24) is 5.16 Å². The lowest BCUT2D eigenvalue weighted by atomic mass is 10.2. The molecule has 1 heterocycles. The Labute approximate surface area is 161 Å². The maximum atomic E-state index is 12.7. The van der Waals surface area contributed by atoms with Gasteiger partial charge in [-0.1, -0.05) is 36.2 Å². The molecular weight excluding hydrogens is 368 g/mol. The van der Waals surface area contributed by atoms with Gasteiger partial charge in [-0.05, 0) is 24.3 Å². The monoisotopic (exact) mass is 386 g/mol. The summed E-state index contributed by atoms with van der Waals surface area (Å²) in [6.45, 7) is 0. The number of anilines is 3. The summed E-state index contributed by atoms with van der Waals surface area (Å²) in [5.41, 5.74) is 1.87. The summed E-state index contributed by atoms with van der Waals surface area (Å²) < 4.78 is 11.1. The van der Waals surface area contributed by atoms with Crippen LogP contribution in [0.5, 0.6) is 0 Å². The molecule has 3 rings (SSSR count). The van der Waals surface area contributed by atoms with Crippen LogP contribution < -0.4 is 14.5 Å². The van der Waals surface area contributed by atoms with Crippen LogP contribution in [0.2, 0.25) is 0 Å². The van der Waals surface area contributed by atoms with E-state index in [2.05, 4.69) is 23.3 Å². The molecule has 27 heavy (non-hydrogen) atoms. The Balaban J connectivity index is 1.93. The molecule has 9 heteroatoms. The average Bonchev–Trinajstić information content (AvgIpc) is 3.09. The van der Waals surface area contributed by atoms with E-state index in [0.717, 1.165) is 9.99 Å². The largest absolute Gasteiger partial charge is 0.465 e. The zero-order chi connectivity index (χ0) is 19.6. The van der Waals surface area contributed by atoms with Crippen LogP contribution in [0.1, 0.15) is 10.4 Å². The number of para-hydroxylation sites is 1. The van der Waals surface area contributed by atoms with Gasteiger partial charge in [0.25, 0.3) is 0 Å². The van der Waals surface area contributed by atoms with Gasteiger partial charge < -0.3 is 14.2 Å². The minimum Gasteiger partial charge on any atom is -0.465 e. The number of carbonyl (C=O) groups excluding carboxylic acids is 2. The molecule has 0 aliphatic rings. The number of amides is 2. The number of nitrogens with one attached hydrogen (secondary N) is 1. The first-order chi connectivity index (χ1) is 12.9. The first-order valence-electron chi connectivity index (χ1n) is 7.97. The van der Waals surface area contributed by atoms with Gasteiger partial charge in [0.1, 0.15) is 0 Å². The number of esters is 1. The molecule has 0 saturated carbocycles. The number of hydrogen-bond donors (Lipinski definition) is 2. The van der Waals surface area contributed by atoms with Gasteiger partial charge in [0.15, 0.2) is 11.4 Å². The highest BCUT2D eigenvalue weighted by Gasteiger charge is 2.22. The number of aromatic nitrogens is 1. The van der Waals surface area contributed by atoms with E-state index >= 15 is 0 Å². The molecule has 140 valence electrons. The zero-order valence-corrected chi connectivity index (χ0v) is 15.9. The fourth-order valence-electron chi connectivity index (χ4n) is 2.64. The molecule has 0 atom stereocenters. The lowest BCUT2D eigenvalue weighted by Crippen LogP contribution is -2.28. The molecule has 0 aliphatic carbocycles. The average molecular weight is 386 g/mol. The van der Waals surface area contributed by atoms with E-state index in [1.54, 1.807) is 30.3 Å². The Morgan fingerprint density at radius 1 is 1.11 bits per heavy atom. The van der Waals surface area contributed by atoms with Crippen LogP contribution in [0.4, 0.5) is 22.0 Å². The molecule has 0 aliphatic heterocycles. The zero-order valence-electron chi connectivity index (χ0n) is 15.0. The predicted molar refractivity (Wildman–Crippen MR) is 107 cm³/mol. The van der Waals surface area contributed by atoms with Gasteiger partial charge in [-0.3, -0.25) is 5.32 Å². The molecule has 0 radical (unpaired) electrons. The molecule has 8 nitrogen and oxygen atoms in total. The van der Waals surface area contributed by atoms with Crippen molar-refractivity contribution in [3.63, 3.8) is 0 Å². The fraction of sp³-hybridized carbons (Fsp3) is 0.167. The third-order valence-corrected chi connectivity index (χ3v) is 4.31. The Morgan fingerprint density at radius 3 is 2.52 bits per heavy atom. The van der Waals surface area contributed by atoms with E-state index < -0.39 is 12.0 Å². The number of carbonyl (C=O) groups is 2. The highest BCUT2D eigenvalue weighted by atomic mass is 32.1. The van der Waals surface area contributed by atoms with Crippen molar-refractivity contribution < 1.29 is 18.8 Å². The van der Waals surface area contributed by atoms with Crippen molar-refractivity contribution in [3.05, 3.63) is 48.0 Å². The fourth-order valence-corrected chi connectivity index (χ4v) is 2.86. The van der Waals surface area contributed by atoms with E-state index in [0.29, 0.717) is 11.0 Å². The molecule has 1 N–H and O–H groups in total. The summed E-state index contributed by atoms with van der Waals surface area (Å²) in [7, 11) is 5.03. The van der Waals surface area contributed by atoms with Crippen LogP contribution in [-0.2, 0) is 4.74 Å². The standard InChI is InChI=1S/C18H18N4O4S/c1-21(2)13-9-6-10-14-15(13)16(20-26-14)19-18(24)22(27)12-8-5-4-7-11(12)17(23)25-3/h4-10,27H,1-3H3,(H,19,20,24). The van der Waals surface area contributed by atoms with Crippen LogP contribution in [0.25, 0.3) is 11.0 Å². The maximum absolute atomic E-state index is 12.7. The quantitative estimate of drug-likeness (QED) is 0.527. The second kappa shape index (κ2) is 7.58. The molecule has 1 aromatic heterocycles.